The molecule has 3 aromatic carbocycles. The molecule has 0 unspecified atom stereocenters. The Bertz CT molecular complexity index is 1260. The number of hydrazone groups is 1. The molecule has 8 nitrogen and oxygen atoms in total. The standard InChI is InChI=1S/C28H26N4O4/c1-21-18-29-26(16-22-8-4-2-5-9-22)31-32(21)20-35-27(33)17-23-12-14-25(15-13-23)36-28(34)30-19-24-10-6-3-7-11-24/h2-15,18H,1,16-17,19-20H2,(H,30,34). The van der Waals surface area contributed by atoms with Crippen LogP contribution in [0.4, 0.5) is 4.79 Å². The van der Waals surface area contributed by atoms with Gasteiger partial charge in [-0.25, -0.2) is 14.8 Å². The average molecular weight is 483 g/mol. The van der Waals surface area contributed by atoms with Crippen LogP contribution in [0, 0.1) is 0 Å². The summed E-state index contributed by atoms with van der Waals surface area (Å²) in [7, 11) is 0. The van der Waals surface area contributed by atoms with E-state index in [2.05, 4.69) is 22.0 Å². The first kappa shape index (κ1) is 24.4. The molecule has 0 atom stereocenters. The van der Waals surface area contributed by atoms with Crippen molar-refractivity contribution in [3.63, 3.8) is 0 Å². The van der Waals surface area contributed by atoms with Gasteiger partial charge in [-0.1, -0.05) is 79.4 Å². The number of amides is 1. The number of aliphatic imine (C=N–C) groups is 1. The fourth-order valence-corrected chi connectivity index (χ4v) is 3.36. The molecule has 1 amide bonds. The molecule has 182 valence electrons. The molecule has 36 heavy (non-hydrogen) atoms. The Kier molecular flexibility index (Phi) is 8.22. The van der Waals surface area contributed by atoms with Gasteiger partial charge in [-0.2, -0.15) is 5.10 Å². The number of nitrogens with zero attached hydrogens (tertiary/aromatic N) is 3. The smallest absolute Gasteiger partial charge is 0.412 e. The van der Waals surface area contributed by atoms with Crippen LogP contribution in [0.1, 0.15) is 16.7 Å². The van der Waals surface area contributed by atoms with E-state index in [-0.39, 0.29) is 13.2 Å². The second kappa shape index (κ2) is 12.1. The van der Waals surface area contributed by atoms with E-state index in [4.69, 9.17) is 9.47 Å². The van der Waals surface area contributed by atoms with Gasteiger partial charge in [0.15, 0.2) is 12.6 Å². The number of hydrogen-bond donors (Lipinski definition) is 1. The number of nitrogens with one attached hydrogen (secondary N) is 1. The molecule has 1 N–H and O–H groups in total. The zero-order chi connectivity index (χ0) is 25.2. The summed E-state index contributed by atoms with van der Waals surface area (Å²) in [4.78, 5) is 28.7. The van der Waals surface area contributed by atoms with Gasteiger partial charge in [0.05, 0.1) is 18.3 Å². The molecule has 1 heterocycles. The van der Waals surface area contributed by atoms with Crippen molar-refractivity contribution in [3.05, 3.63) is 114 Å². The second-order valence-corrected chi connectivity index (χ2v) is 8.02. The fourth-order valence-electron chi connectivity index (χ4n) is 3.36. The molecule has 8 heteroatoms. The number of rotatable bonds is 9. The topological polar surface area (TPSA) is 92.6 Å². The zero-order valence-electron chi connectivity index (χ0n) is 19.7. The Morgan fingerprint density at radius 1 is 0.861 bits per heavy atom. The maximum absolute atomic E-state index is 12.4. The normalized spacial score (nSPS) is 12.6. The van der Waals surface area contributed by atoms with Crippen molar-refractivity contribution < 1.29 is 19.1 Å². The van der Waals surface area contributed by atoms with Gasteiger partial charge < -0.3 is 14.8 Å². The first-order valence-electron chi connectivity index (χ1n) is 11.4. The molecule has 0 bridgehead atoms. The van der Waals surface area contributed by atoms with Crippen LogP contribution in [0.25, 0.3) is 0 Å². The van der Waals surface area contributed by atoms with E-state index in [1.807, 2.05) is 60.7 Å². The maximum Gasteiger partial charge on any atom is 0.412 e. The quantitative estimate of drug-likeness (QED) is 0.454. The highest BCUT2D eigenvalue weighted by molar-refractivity contribution is 5.97. The lowest BCUT2D eigenvalue weighted by Crippen LogP contribution is -2.28. The van der Waals surface area contributed by atoms with Gasteiger partial charge in [-0.15, -0.1) is 0 Å². The van der Waals surface area contributed by atoms with Crippen molar-refractivity contribution in [2.75, 3.05) is 6.73 Å². The summed E-state index contributed by atoms with van der Waals surface area (Å²) in [5, 5.41) is 8.64. The predicted octanol–water partition coefficient (Wildman–Crippen LogP) is 4.47. The van der Waals surface area contributed by atoms with Gasteiger partial charge in [0.25, 0.3) is 0 Å². The number of ether oxygens (including phenoxy) is 2. The van der Waals surface area contributed by atoms with Gasteiger partial charge in [-0.05, 0) is 28.8 Å². The molecule has 3 aromatic rings. The molecule has 0 fully saturated rings. The highest BCUT2D eigenvalue weighted by atomic mass is 16.6. The molecular weight excluding hydrogens is 456 g/mol. The third-order valence-corrected chi connectivity index (χ3v) is 5.25. The highest BCUT2D eigenvalue weighted by Crippen LogP contribution is 2.14. The van der Waals surface area contributed by atoms with E-state index < -0.39 is 12.1 Å². The molecule has 0 saturated carbocycles. The van der Waals surface area contributed by atoms with Crippen LogP contribution in [0.15, 0.2) is 107 Å². The average Bonchev–Trinajstić information content (AvgIpc) is 2.90. The van der Waals surface area contributed by atoms with E-state index in [1.54, 1.807) is 30.5 Å². The lowest BCUT2D eigenvalue weighted by atomic mass is 10.1. The van der Waals surface area contributed by atoms with Crippen molar-refractivity contribution in [1.82, 2.24) is 10.3 Å². The molecule has 0 aromatic heterocycles. The van der Waals surface area contributed by atoms with Gasteiger partial charge in [0, 0.05) is 13.0 Å². The summed E-state index contributed by atoms with van der Waals surface area (Å²) in [6.07, 6.45) is 1.68. The van der Waals surface area contributed by atoms with E-state index in [9.17, 15) is 9.59 Å². The van der Waals surface area contributed by atoms with Gasteiger partial charge in [-0.3, -0.25) is 4.79 Å². The van der Waals surface area contributed by atoms with E-state index in [1.165, 1.54) is 5.01 Å². The van der Waals surface area contributed by atoms with Crippen LogP contribution in [-0.4, -0.2) is 35.9 Å². The lowest BCUT2D eigenvalue weighted by molar-refractivity contribution is -0.146. The Balaban J connectivity index is 1.22. The van der Waals surface area contributed by atoms with Crippen molar-refractivity contribution in [2.45, 2.75) is 19.4 Å². The summed E-state index contributed by atoms with van der Waals surface area (Å²) >= 11 is 0. The molecule has 1 aliphatic rings. The van der Waals surface area contributed by atoms with Crippen LogP contribution >= 0.6 is 0 Å². The minimum atomic E-state index is -0.552. The Labute approximate surface area is 209 Å². The molecular formula is C28H26N4O4. The van der Waals surface area contributed by atoms with E-state index >= 15 is 0 Å². The van der Waals surface area contributed by atoms with E-state index in [0.717, 1.165) is 16.7 Å². The minimum absolute atomic E-state index is 0.0647. The van der Waals surface area contributed by atoms with Crippen LogP contribution in [0.3, 0.4) is 0 Å². The van der Waals surface area contributed by atoms with Crippen molar-refractivity contribution in [3.8, 4) is 5.75 Å². The van der Waals surface area contributed by atoms with Crippen LogP contribution < -0.4 is 10.1 Å². The van der Waals surface area contributed by atoms with Gasteiger partial charge in [0.1, 0.15) is 5.75 Å². The van der Waals surface area contributed by atoms with Crippen molar-refractivity contribution in [2.24, 2.45) is 10.1 Å². The molecule has 0 radical (unpaired) electrons. The summed E-state index contributed by atoms with van der Waals surface area (Å²) < 4.78 is 10.7. The number of carbonyl (C=O) groups is 2. The molecule has 0 aliphatic carbocycles. The summed E-state index contributed by atoms with van der Waals surface area (Å²) in [5.74, 6) is 0.564. The SMILES string of the molecule is C=C1C=NC(Cc2ccccc2)=NN1COC(=O)Cc1ccc(OC(=O)NCc2ccccc2)cc1. The molecule has 0 spiro atoms. The Morgan fingerprint density at radius 3 is 2.22 bits per heavy atom. The molecule has 4 rings (SSSR count). The van der Waals surface area contributed by atoms with Gasteiger partial charge >= 0.3 is 12.1 Å². The zero-order valence-corrected chi connectivity index (χ0v) is 19.7. The van der Waals surface area contributed by atoms with Crippen molar-refractivity contribution >= 4 is 24.1 Å². The third kappa shape index (κ3) is 7.39. The minimum Gasteiger partial charge on any atom is -0.442 e. The van der Waals surface area contributed by atoms with Gasteiger partial charge in [0.2, 0.25) is 0 Å². The summed E-state index contributed by atoms with van der Waals surface area (Å²) in [6.45, 7) is 4.20. The number of benzene rings is 3. The fraction of sp³-hybridized carbons (Fsp3) is 0.143. The van der Waals surface area contributed by atoms with Crippen LogP contribution in [-0.2, 0) is 28.9 Å². The second-order valence-electron chi connectivity index (χ2n) is 8.02. The number of esters is 1. The lowest BCUT2D eigenvalue weighted by Gasteiger charge is -2.22. The number of hydrogen-bond acceptors (Lipinski definition) is 7. The highest BCUT2D eigenvalue weighted by Gasteiger charge is 2.15. The number of allylic oxidation sites excluding steroid dienone is 1. The van der Waals surface area contributed by atoms with Crippen LogP contribution in [0.5, 0.6) is 5.75 Å². The molecule has 0 saturated heterocycles. The summed E-state index contributed by atoms with van der Waals surface area (Å²) in [5.41, 5.74) is 3.32. The largest absolute Gasteiger partial charge is 0.442 e. The first-order valence-corrected chi connectivity index (χ1v) is 11.4. The maximum atomic E-state index is 12.4. The predicted molar refractivity (Wildman–Crippen MR) is 137 cm³/mol. The van der Waals surface area contributed by atoms with Crippen molar-refractivity contribution in [1.29, 1.82) is 0 Å². The first-order chi connectivity index (χ1) is 17.5. The Hall–Kier alpha value is -4.72. The van der Waals surface area contributed by atoms with E-state index in [0.29, 0.717) is 30.2 Å². The summed E-state index contributed by atoms with van der Waals surface area (Å²) in [6, 6.07) is 26.1. The number of carbonyl (C=O) groups excluding carboxylic acids is 2. The third-order valence-electron chi connectivity index (χ3n) is 5.25. The van der Waals surface area contributed by atoms with Crippen LogP contribution in [0.2, 0.25) is 0 Å². The monoisotopic (exact) mass is 482 g/mol. The molecule has 1 aliphatic heterocycles. The number of amidine groups is 1. The Morgan fingerprint density at radius 2 is 1.53 bits per heavy atom.